The maximum absolute atomic E-state index is 12.0. The predicted molar refractivity (Wildman–Crippen MR) is 85.3 cm³/mol. The number of aromatic nitrogens is 1. The first-order valence-corrected chi connectivity index (χ1v) is 8.36. The molecule has 1 aliphatic heterocycles. The zero-order valence-corrected chi connectivity index (χ0v) is 14.1. The second-order valence-electron chi connectivity index (χ2n) is 6.46. The minimum absolute atomic E-state index is 0.0635. The van der Waals surface area contributed by atoms with Crippen molar-refractivity contribution in [2.24, 2.45) is 0 Å². The van der Waals surface area contributed by atoms with Crippen molar-refractivity contribution >= 4 is 23.2 Å². The van der Waals surface area contributed by atoms with E-state index in [4.69, 9.17) is 4.74 Å². The second kappa shape index (κ2) is 7.19. The topological polar surface area (TPSA) is 71.5 Å². The molecular formula is C15H23N3O3S. The molecule has 0 atom stereocenters. The first-order chi connectivity index (χ1) is 10.3. The van der Waals surface area contributed by atoms with E-state index < -0.39 is 5.60 Å². The van der Waals surface area contributed by atoms with E-state index in [0.29, 0.717) is 11.6 Å². The van der Waals surface area contributed by atoms with Crippen molar-refractivity contribution < 1.29 is 14.3 Å². The van der Waals surface area contributed by atoms with Gasteiger partial charge in [-0.2, -0.15) is 0 Å². The molecular weight excluding hydrogens is 302 g/mol. The number of thiazole rings is 1. The van der Waals surface area contributed by atoms with Crippen LogP contribution in [-0.4, -0.2) is 53.0 Å². The Balaban J connectivity index is 1.72. The summed E-state index contributed by atoms with van der Waals surface area (Å²) in [7, 11) is 0. The molecule has 122 valence electrons. The SMILES string of the molecule is CC(C)(C)OC(=O)NC1CCN(CC(=O)c2nccs2)CC1. The smallest absolute Gasteiger partial charge is 0.407 e. The lowest BCUT2D eigenvalue weighted by molar-refractivity contribution is 0.0476. The molecule has 0 aromatic carbocycles. The fraction of sp³-hybridized carbons (Fsp3) is 0.667. The van der Waals surface area contributed by atoms with Gasteiger partial charge in [0.15, 0.2) is 5.01 Å². The van der Waals surface area contributed by atoms with Gasteiger partial charge in [-0.25, -0.2) is 9.78 Å². The van der Waals surface area contributed by atoms with Crippen LogP contribution in [0.5, 0.6) is 0 Å². The van der Waals surface area contributed by atoms with Gasteiger partial charge in [-0.15, -0.1) is 11.3 Å². The number of nitrogens with one attached hydrogen (secondary N) is 1. The molecule has 0 saturated carbocycles. The first-order valence-electron chi connectivity index (χ1n) is 7.48. The van der Waals surface area contributed by atoms with Crippen molar-refractivity contribution in [1.29, 1.82) is 0 Å². The number of hydrogen-bond acceptors (Lipinski definition) is 6. The van der Waals surface area contributed by atoms with Crippen LogP contribution < -0.4 is 5.32 Å². The standard InChI is InChI=1S/C15H23N3O3S/c1-15(2,3)21-14(20)17-11-4-7-18(8-5-11)10-12(19)13-16-6-9-22-13/h6,9,11H,4-5,7-8,10H2,1-3H3,(H,17,20). The summed E-state index contributed by atoms with van der Waals surface area (Å²) in [5, 5.41) is 5.27. The Kier molecular flexibility index (Phi) is 5.52. The van der Waals surface area contributed by atoms with Gasteiger partial charge in [-0.3, -0.25) is 9.69 Å². The summed E-state index contributed by atoms with van der Waals surface area (Å²) < 4.78 is 5.26. The molecule has 1 fully saturated rings. The number of ether oxygens (including phenoxy) is 1. The van der Waals surface area contributed by atoms with Crippen LogP contribution in [0.1, 0.15) is 43.4 Å². The lowest BCUT2D eigenvalue weighted by atomic mass is 10.1. The van der Waals surface area contributed by atoms with E-state index in [1.165, 1.54) is 11.3 Å². The van der Waals surface area contributed by atoms with E-state index in [2.05, 4.69) is 15.2 Å². The van der Waals surface area contributed by atoms with E-state index in [1.807, 2.05) is 26.2 Å². The predicted octanol–water partition coefficient (Wildman–Crippen LogP) is 2.31. The third-order valence-electron chi connectivity index (χ3n) is 3.35. The van der Waals surface area contributed by atoms with E-state index in [1.54, 1.807) is 6.20 Å². The highest BCUT2D eigenvalue weighted by atomic mass is 32.1. The molecule has 1 aliphatic rings. The molecule has 2 heterocycles. The fourth-order valence-corrected chi connectivity index (χ4v) is 2.91. The summed E-state index contributed by atoms with van der Waals surface area (Å²) in [6.45, 7) is 7.51. The van der Waals surface area contributed by atoms with Gasteiger partial charge in [0.2, 0.25) is 5.78 Å². The number of carbonyl (C=O) groups excluding carboxylic acids is 2. The van der Waals surface area contributed by atoms with Crippen molar-refractivity contribution in [3.63, 3.8) is 0 Å². The number of alkyl carbamates (subject to hydrolysis) is 1. The molecule has 7 heteroatoms. The molecule has 1 aromatic rings. The number of amides is 1. The van der Waals surface area contributed by atoms with Crippen molar-refractivity contribution in [2.75, 3.05) is 19.6 Å². The zero-order chi connectivity index (χ0) is 16.2. The molecule has 0 unspecified atom stereocenters. The third kappa shape index (κ3) is 5.38. The molecule has 0 aliphatic carbocycles. The van der Waals surface area contributed by atoms with Gasteiger partial charge in [-0.05, 0) is 33.6 Å². The number of piperidine rings is 1. The summed E-state index contributed by atoms with van der Waals surface area (Å²) in [4.78, 5) is 29.9. The number of likely N-dealkylation sites (tertiary alicyclic amines) is 1. The summed E-state index contributed by atoms with van der Waals surface area (Å²) >= 11 is 1.37. The molecule has 0 bridgehead atoms. The largest absolute Gasteiger partial charge is 0.444 e. The average Bonchev–Trinajstić information content (AvgIpc) is 2.92. The van der Waals surface area contributed by atoms with Crippen LogP contribution in [0.2, 0.25) is 0 Å². The summed E-state index contributed by atoms with van der Waals surface area (Å²) in [6.07, 6.45) is 2.92. The number of hydrogen-bond donors (Lipinski definition) is 1. The van der Waals surface area contributed by atoms with Crippen LogP contribution in [0.3, 0.4) is 0 Å². The summed E-state index contributed by atoms with van der Waals surface area (Å²) in [6, 6.07) is 0.112. The molecule has 6 nitrogen and oxygen atoms in total. The van der Waals surface area contributed by atoms with E-state index in [0.717, 1.165) is 25.9 Å². The minimum Gasteiger partial charge on any atom is -0.444 e. The number of rotatable bonds is 4. The van der Waals surface area contributed by atoms with Gasteiger partial charge in [0.05, 0.1) is 6.54 Å². The molecule has 2 rings (SSSR count). The van der Waals surface area contributed by atoms with Crippen molar-refractivity contribution in [2.45, 2.75) is 45.3 Å². The maximum atomic E-state index is 12.0. The van der Waals surface area contributed by atoms with Gasteiger partial charge in [-0.1, -0.05) is 0 Å². The van der Waals surface area contributed by atoms with Crippen molar-refractivity contribution in [3.8, 4) is 0 Å². The van der Waals surface area contributed by atoms with Crippen LogP contribution in [0.4, 0.5) is 4.79 Å². The van der Waals surface area contributed by atoms with Gasteiger partial charge in [0.25, 0.3) is 0 Å². The van der Waals surface area contributed by atoms with E-state index >= 15 is 0 Å². The van der Waals surface area contributed by atoms with Crippen LogP contribution in [-0.2, 0) is 4.74 Å². The molecule has 1 aromatic heterocycles. The quantitative estimate of drug-likeness (QED) is 0.860. The molecule has 0 spiro atoms. The Morgan fingerprint density at radius 2 is 2.09 bits per heavy atom. The Bertz CT molecular complexity index is 503. The third-order valence-corrected chi connectivity index (χ3v) is 4.16. The number of ketones is 1. The lowest BCUT2D eigenvalue weighted by Gasteiger charge is -2.32. The monoisotopic (exact) mass is 325 g/mol. The van der Waals surface area contributed by atoms with Crippen LogP contribution in [0.15, 0.2) is 11.6 Å². The molecule has 1 N–H and O–H groups in total. The maximum Gasteiger partial charge on any atom is 0.407 e. The van der Waals surface area contributed by atoms with Gasteiger partial charge < -0.3 is 10.1 Å². The summed E-state index contributed by atoms with van der Waals surface area (Å²) in [5.41, 5.74) is -0.481. The van der Waals surface area contributed by atoms with Gasteiger partial charge in [0, 0.05) is 30.7 Å². The number of Topliss-reactive ketones (excluding diaryl/α,β-unsaturated/α-hetero) is 1. The minimum atomic E-state index is -0.481. The molecule has 0 radical (unpaired) electrons. The first kappa shape index (κ1) is 16.9. The normalized spacial score (nSPS) is 17.2. The highest BCUT2D eigenvalue weighted by Crippen LogP contribution is 2.14. The van der Waals surface area contributed by atoms with E-state index in [9.17, 15) is 9.59 Å². The number of nitrogens with zero attached hydrogens (tertiary/aromatic N) is 2. The zero-order valence-electron chi connectivity index (χ0n) is 13.3. The average molecular weight is 325 g/mol. The van der Waals surface area contributed by atoms with Crippen LogP contribution >= 0.6 is 11.3 Å². The Morgan fingerprint density at radius 1 is 1.41 bits per heavy atom. The molecule has 1 amide bonds. The van der Waals surface area contributed by atoms with Gasteiger partial charge >= 0.3 is 6.09 Å². The van der Waals surface area contributed by atoms with Crippen molar-refractivity contribution in [3.05, 3.63) is 16.6 Å². The molecule has 1 saturated heterocycles. The van der Waals surface area contributed by atoms with Crippen LogP contribution in [0.25, 0.3) is 0 Å². The molecule has 22 heavy (non-hydrogen) atoms. The summed E-state index contributed by atoms with van der Waals surface area (Å²) in [5.74, 6) is 0.0635. The van der Waals surface area contributed by atoms with E-state index in [-0.39, 0.29) is 17.9 Å². The highest BCUT2D eigenvalue weighted by Gasteiger charge is 2.25. The second-order valence-corrected chi connectivity index (χ2v) is 7.35. The van der Waals surface area contributed by atoms with Crippen LogP contribution in [0, 0.1) is 0 Å². The van der Waals surface area contributed by atoms with Crippen molar-refractivity contribution in [1.82, 2.24) is 15.2 Å². The Labute approximate surface area is 134 Å². The lowest BCUT2D eigenvalue weighted by Crippen LogP contribution is -2.47. The Hall–Kier alpha value is -1.47. The van der Waals surface area contributed by atoms with Gasteiger partial charge in [0.1, 0.15) is 5.60 Å². The fourth-order valence-electron chi connectivity index (χ4n) is 2.34. The number of carbonyl (C=O) groups is 2. The highest BCUT2D eigenvalue weighted by molar-refractivity contribution is 7.11. The Morgan fingerprint density at radius 3 is 2.64 bits per heavy atom.